The molecule has 0 bridgehead atoms. The molecule has 42 heavy (non-hydrogen) atoms. The van der Waals surface area contributed by atoms with Crippen LogP contribution in [-0.4, -0.2) is 59.7 Å². The van der Waals surface area contributed by atoms with Crippen molar-refractivity contribution in [3.05, 3.63) is 106 Å². The van der Waals surface area contributed by atoms with Crippen LogP contribution in [-0.2, 0) is 29.3 Å². The fourth-order valence-electron chi connectivity index (χ4n) is 5.57. The minimum Gasteiger partial charge on any atom is -0.489 e. The molecule has 3 aliphatic heterocycles. The smallest absolute Gasteiger partial charge is 0.255 e. The average molecular weight is 566 g/mol. The van der Waals surface area contributed by atoms with Crippen molar-refractivity contribution < 1.29 is 23.5 Å². The number of benzene rings is 3. The van der Waals surface area contributed by atoms with E-state index in [9.17, 15) is 18.8 Å². The first-order valence-electron chi connectivity index (χ1n) is 13.7. The summed E-state index contributed by atoms with van der Waals surface area (Å²) < 4.78 is 20.5. The van der Waals surface area contributed by atoms with E-state index in [0.717, 1.165) is 36.3 Å². The highest BCUT2D eigenvalue weighted by Gasteiger charge is 2.38. The second-order valence-corrected chi connectivity index (χ2v) is 10.5. The lowest BCUT2D eigenvalue weighted by Crippen LogP contribution is -2.49. The van der Waals surface area contributed by atoms with E-state index >= 15 is 0 Å². The predicted molar refractivity (Wildman–Crippen MR) is 152 cm³/mol. The lowest BCUT2D eigenvalue weighted by Gasteiger charge is -2.36. The van der Waals surface area contributed by atoms with Crippen molar-refractivity contribution in [2.75, 3.05) is 31.1 Å². The number of anilines is 1. The summed E-state index contributed by atoms with van der Waals surface area (Å²) in [6.07, 6.45) is 2.71. The third-order valence-electron chi connectivity index (χ3n) is 7.85. The van der Waals surface area contributed by atoms with Crippen LogP contribution in [0, 0.1) is 17.1 Å². The van der Waals surface area contributed by atoms with Crippen molar-refractivity contribution in [2.24, 2.45) is 0 Å². The average Bonchev–Trinajstić information content (AvgIpc) is 3.33. The van der Waals surface area contributed by atoms with Gasteiger partial charge in [0.1, 0.15) is 24.2 Å². The van der Waals surface area contributed by atoms with Crippen molar-refractivity contribution in [2.45, 2.75) is 25.7 Å². The Morgan fingerprint density at radius 2 is 1.74 bits per heavy atom. The number of hydrogen-bond donors (Lipinski definition) is 1. The Morgan fingerprint density at radius 1 is 0.976 bits per heavy atom. The highest BCUT2D eigenvalue weighted by atomic mass is 19.1. The Bertz CT molecular complexity index is 1620. The van der Waals surface area contributed by atoms with Crippen molar-refractivity contribution in [3.63, 3.8) is 0 Å². The number of halogens is 1. The van der Waals surface area contributed by atoms with E-state index in [4.69, 9.17) is 10.00 Å². The molecule has 3 heterocycles. The van der Waals surface area contributed by atoms with Crippen molar-refractivity contribution in [1.82, 2.24) is 15.1 Å². The molecule has 0 radical (unpaired) electrons. The maximum atomic E-state index is 14.4. The standard InChI is InChI=1S/C32H28FN5O4/c33-26-16-23(17-34)8-9-27(26)37-14-12-36(13-15-37)18-21-4-6-22(7-5-21)20-42-29-3-1-2-24-25(29)19-38(32(24)41)28-10-11-30(39)35-31(28)40/h1-11,16,28H,12-15,18-20H2,(H,35,39,40)/t28-/m0/s1. The fourth-order valence-corrected chi connectivity index (χ4v) is 5.57. The number of hydrogen-bond acceptors (Lipinski definition) is 7. The van der Waals surface area contributed by atoms with Crippen LogP contribution in [0.1, 0.15) is 32.6 Å². The number of nitriles is 1. The van der Waals surface area contributed by atoms with Gasteiger partial charge in [-0.2, -0.15) is 5.26 Å². The van der Waals surface area contributed by atoms with Crippen LogP contribution in [0.2, 0.25) is 0 Å². The minimum atomic E-state index is -0.844. The Labute approximate surface area is 242 Å². The summed E-state index contributed by atoms with van der Waals surface area (Å²) in [5.41, 5.74) is 4.20. The van der Waals surface area contributed by atoms with Gasteiger partial charge in [-0.3, -0.25) is 24.6 Å². The summed E-state index contributed by atoms with van der Waals surface area (Å²) >= 11 is 0. The van der Waals surface area contributed by atoms with Gasteiger partial charge >= 0.3 is 0 Å². The van der Waals surface area contributed by atoms with Crippen LogP contribution in [0.15, 0.2) is 72.8 Å². The maximum Gasteiger partial charge on any atom is 0.255 e. The zero-order valence-corrected chi connectivity index (χ0v) is 22.8. The molecule has 0 aromatic heterocycles. The molecule has 3 aromatic carbocycles. The van der Waals surface area contributed by atoms with Crippen LogP contribution in [0.25, 0.3) is 0 Å². The third-order valence-corrected chi connectivity index (χ3v) is 7.85. The lowest BCUT2D eigenvalue weighted by atomic mass is 10.1. The molecule has 9 nitrogen and oxygen atoms in total. The summed E-state index contributed by atoms with van der Waals surface area (Å²) in [5, 5.41) is 11.2. The second-order valence-electron chi connectivity index (χ2n) is 10.5. The molecular formula is C32H28FN5O4. The Kier molecular flexibility index (Phi) is 7.42. The van der Waals surface area contributed by atoms with Crippen LogP contribution >= 0.6 is 0 Å². The molecule has 1 N–H and O–H groups in total. The lowest BCUT2D eigenvalue weighted by molar-refractivity contribution is -0.131. The van der Waals surface area contributed by atoms with Gasteiger partial charge in [-0.15, -0.1) is 0 Å². The van der Waals surface area contributed by atoms with E-state index in [0.29, 0.717) is 42.3 Å². The summed E-state index contributed by atoms with van der Waals surface area (Å²) in [6, 6.07) is 19.2. The van der Waals surface area contributed by atoms with Gasteiger partial charge in [0.2, 0.25) is 5.91 Å². The second kappa shape index (κ2) is 11.5. The van der Waals surface area contributed by atoms with Crippen LogP contribution < -0.4 is 15.0 Å². The number of ether oxygens (including phenoxy) is 1. The molecule has 212 valence electrons. The van der Waals surface area contributed by atoms with Crippen LogP contribution in [0.3, 0.4) is 0 Å². The first-order chi connectivity index (χ1) is 20.4. The first-order valence-corrected chi connectivity index (χ1v) is 13.7. The van der Waals surface area contributed by atoms with Gasteiger partial charge in [0.05, 0.1) is 23.9 Å². The number of nitrogens with one attached hydrogen (secondary N) is 1. The van der Waals surface area contributed by atoms with Crippen LogP contribution in [0.5, 0.6) is 5.75 Å². The highest BCUT2D eigenvalue weighted by Crippen LogP contribution is 2.33. The minimum absolute atomic E-state index is 0.213. The monoisotopic (exact) mass is 565 g/mol. The van der Waals surface area contributed by atoms with E-state index < -0.39 is 17.9 Å². The van der Waals surface area contributed by atoms with Crippen molar-refractivity contribution in [1.29, 1.82) is 5.26 Å². The number of rotatable bonds is 7. The van der Waals surface area contributed by atoms with E-state index in [2.05, 4.69) is 22.3 Å². The van der Waals surface area contributed by atoms with Crippen molar-refractivity contribution >= 4 is 23.4 Å². The quantitative estimate of drug-likeness (QED) is 0.439. The predicted octanol–water partition coefficient (Wildman–Crippen LogP) is 3.14. The molecule has 1 atom stereocenters. The van der Waals surface area contributed by atoms with E-state index in [1.807, 2.05) is 29.2 Å². The Balaban J connectivity index is 1.03. The highest BCUT2D eigenvalue weighted by molar-refractivity contribution is 6.09. The van der Waals surface area contributed by atoms with Gasteiger partial charge in [0.25, 0.3) is 11.8 Å². The molecule has 3 aromatic rings. The number of carbonyl (C=O) groups excluding carboxylic acids is 3. The third kappa shape index (κ3) is 5.47. The topological polar surface area (TPSA) is 106 Å². The number of piperazine rings is 1. The summed E-state index contributed by atoms with van der Waals surface area (Å²) in [4.78, 5) is 42.6. The fraction of sp³-hybridized carbons (Fsp3) is 0.250. The molecule has 3 amide bonds. The zero-order valence-electron chi connectivity index (χ0n) is 22.8. The molecule has 3 aliphatic rings. The van der Waals surface area contributed by atoms with Gasteiger partial charge in [-0.25, -0.2) is 4.39 Å². The number of nitrogens with zero attached hydrogens (tertiary/aromatic N) is 4. The maximum absolute atomic E-state index is 14.4. The van der Waals surface area contributed by atoms with E-state index in [1.54, 1.807) is 24.3 Å². The Morgan fingerprint density at radius 3 is 2.45 bits per heavy atom. The molecule has 0 spiro atoms. The van der Waals surface area contributed by atoms with Crippen LogP contribution in [0.4, 0.5) is 10.1 Å². The molecule has 1 fully saturated rings. The van der Waals surface area contributed by atoms with Gasteiger partial charge in [-0.05, 0) is 47.5 Å². The summed E-state index contributed by atoms with van der Waals surface area (Å²) in [7, 11) is 0. The molecule has 0 unspecified atom stereocenters. The van der Waals surface area contributed by atoms with Gasteiger partial charge in [0, 0.05) is 49.9 Å². The molecule has 1 saturated heterocycles. The number of carbonyl (C=O) groups is 3. The molecule has 0 saturated carbocycles. The van der Waals surface area contributed by atoms with Gasteiger partial charge in [-0.1, -0.05) is 30.3 Å². The Hall–Kier alpha value is -5.01. The number of imide groups is 1. The molecule has 10 heteroatoms. The molecular weight excluding hydrogens is 537 g/mol. The largest absolute Gasteiger partial charge is 0.489 e. The summed E-state index contributed by atoms with van der Waals surface area (Å²) in [6.45, 7) is 4.32. The SMILES string of the molecule is N#Cc1ccc(N2CCN(Cc3ccc(COc4cccc5c4CN([C@H]4C=CC(=O)NC4=O)C5=O)cc3)CC2)c(F)c1. The zero-order chi connectivity index (χ0) is 29.2. The van der Waals surface area contributed by atoms with Gasteiger partial charge in [0.15, 0.2) is 0 Å². The number of amides is 3. The molecule has 6 rings (SSSR count). The van der Waals surface area contributed by atoms with E-state index in [1.165, 1.54) is 23.1 Å². The first kappa shape index (κ1) is 27.2. The van der Waals surface area contributed by atoms with Gasteiger partial charge < -0.3 is 14.5 Å². The van der Waals surface area contributed by atoms with E-state index in [-0.39, 0.29) is 18.3 Å². The summed E-state index contributed by atoms with van der Waals surface area (Å²) in [5.74, 6) is -1.07. The molecule has 0 aliphatic carbocycles. The normalized spacial score (nSPS) is 18.6. The number of fused-ring (bicyclic) bond motifs is 1. The van der Waals surface area contributed by atoms with Crippen molar-refractivity contribution in [3.8, 4) is 11.8 Å².